The van der Waals surface area contributed by atoms with Gasteiger partial charge in [0, 0.05) is 6.42 Å². The van der Waals surface area contributed by atoms with Crippen LogP contribution in [0.4, 0.5) is 8.78 Å². The van der Waals surface area contributed by atoms with Crippen molar-refractivity contribution in [2.24, 2.45) is 0 Å². The zero-order valence-electron chi connectivity index (χ0n) is 10.1. The highest BCUT2D eigenvalue weighted by molar-refractivity contribution is 5.98. The first kappa shape index (κ1) is 12.5. The van der Waals surface area contributed by atoms with Crippen molar-refractivity contribution in [3.63, 3.8) is 0 Å². The van der Waals surface area contributed by atoms with Gasteiger partial charge < -0.3 is 4.42 Å². The Balaban J connectivity index is 2.21. The van der Waals surface area contributed by atoms with E-state index < -0.39 is 11.6 Å². The number of hydrogen-bond donors (Lipinski definition) is 0. The molecule has 0 N–H and O–H groups in total. The third kappa shape index (κ3) is 2.47. The van der Waals surface area contributed by atoms with Gasteiger partial charge in [-0.25, -0.2) is 8.78 Å². The van der Waals surface area contributed by atoms with E-state index in [0.717, 1.165) is 12.1 Å². The number of ketones is 1. The van der Waals surface area contributed by atoms with E-state index in [9.17, 15) is 13.6 Å². The van der Waals surface area contributed by atoms with E-state index in [2.05, 4.69) is 0 Å². The molecule has 1 heterocycles. The molecular formula is C14H12F2O2. The number of aryl methyl sites for hydroxylation is 2. The average Bonchev–Trinajstić information content (AvgIpc) is 2.63. The monoisotopic (exact) mass is 250 g/mol. The Morgan fingerprint density at radius 3 is 2.44 bits per heavy atom. The van der Waals surface area contributed by atoms with Crippen LogP contribution in [0.25, 0.3) is 0 Å². The van der Waals surface area contributed by atoms with Crippen LogP contribution >= 0.6 is 0 Å². The molecular weight excluding hydrogens is 238 g/mol. The molecule has 0 saturated carbocycles. The van der Waals surface area contributed by atoms with Crippen molar-refractivity contribution in [1.82, 2.24) is 0 Å². The molecule has 4 heteroatoms. The molecule has 0 spiro atoms. The smallest absolute Gasteiger partial charge is 0.170 e. The lowest BCUT2D eigenvalue weighted by atomic mass is 10.0. The first-order chi connectivity index (χ1) is 8.47. The van der Waals surface area contributed by atoms with Crippen LogP contribution in [0.15, 0.2) is 28.7 Å². The molecule has 0 aliphatic heterocycles. The molecule has 0 bridgehead atoms. The number of furan rings is 1. The van der Waals surface area contributed by atoms with Gasteiger partial charge in [-0.1, -0.05) is 6.07 Å². The minimum Gasteiger partial charge on any atom is -0.466 e. The number of hydrogen-bond acceptors (Lipinski definition) is 2. The van der Waals surface area contributed by atoms with Gasteiger partial charge in [0.05, 0.1) is 5.56 Å². The highest BCUT2D eigenvalue weighted by Crippen LogP contribution is 2.17. The van der Waals surface area contributed by atoms with E-state index >= 15 is 0 Å². The zero-order valence-corrected chi connectivity index (χ0v) is 10.1. The van der Waals surface area contributed by atoms with Crippen LogP contribution in [0.3, 0.4) is 0 Å². The van der Waals surface area contributed by atoms with Gasteiger partial charge in [0.2, 0.25) is 0 Å². The minimum absolute atomic E-state index is 0.0248. The van der Waals surface area contributed by atoms with Crippen molar-refractivity contribution in [3.8, 4) is 0 Å². The second kappa shape index (κ2) is 4.72. The lowest BCUT2D eigenvalue weighted by Crippen LogP contribution is -2.04. The standard InChI is InChI=1S/C14H12F2O2/c1-8-5-11(9(2)18-8)14(17)7-10-3-4-12(15)13(16)6-10/h3-6H,7H2,1-2H3. The van der Waals surface area contributed by atoms with Crippen molar-refractivity contribution in [2.45, 2.75) is 20.3 Å². The Morgan fingerprint density at radius 2 is 1.89 bits per heavy atom. The van der Waals surface area contributed by atoms with Crippen LogP contribution < -0.4 is 0 Å². The van der Waals surface area contributed by atoms with Crippen LogP contribution in [0.5, 0.6) is 0 Å². The maximum Gasteiger partial charge on any atom is 0.170 e. The molecule has 1 aromatic carbocycles. The quantitative estimate of drug-likeness (QED) is 0.779. The minimum atomic E-state index is -0.944. The molecule has 0 radical (unpaired) electrons. The van der Waals surface area contributed by atoms with Crippen LogP contribution in [0, 0.1) is 25.5 Å². The summed E-state index contributed by atoms with van der Waals surface area (Å²) in [7, 11) is 0. The SMILES string of the molecule is Cc1cc(C(=O)Cc2ccc(F)c(F)c2)c(C)o1. The largest absolute Gasteiger partial charge is 0.466 e. The van der Waals surface area contributed by atoms with Gasteiger partial charge in [-0.05, 0) is 37.6 Å². The predicted molar refractivity (Wildman–Crippen MR) is 62.6 cm³/mol. The zero-order chi connectivity index (χ0) is 13.3. The number of carbonyl (C=O) groups excluding carboxylic acids is 1. The molecule has 0 atom stereocenters. The summed E-state index contributed by atoms with van der Waals surface area (Å²) in [6.07, 6.45) is 0.0248. The summed E-state index contributed by atoms with van der Waals surface area (Å²) in [6, 6.07) is 5.11. The van der Waals surface area contributed by atoms with Crippen LogP contribution in [-0.4, -0.2) is 5.78 Å². The average molecular weight is 250 g/mol. The van der Waals surface area contributed by atoms with Crippen molar-refractivity contribution in [2.75, 3.05) is 0 Å². The number of Topliss-reactive ketones (excluding diaryl/α,β-unsaturated/α-hetero) is 1. The van der Waals surface area contributed by atoms with Gasteiger partial charge in [-0.15, -0.1) is 0 Å². The van der Waals surface area contributed by atoms with E-state index in [1.54, 1.807) is 19.9 Å². The Labute approximate surface area is 103 Å². The van der Waals surface area contributed by atoms with Crippen molar-refractivity contribution in [3.05, 3.63) is 58.5 Å². The second-order valence-corrected chi connectivity index (χ2v) is 4.18. The van der Waals surface area contributed by atoms with E-state index in [-0.39, 0.29) is 12.2 Å². The van der Waals surface area contributed by atoms with Crippen LogP contribution in [0.2, 0.25) is 0 Å². The first-order valence-corrected chi connectivity index (χ1v) is 5.51. The highest BCUT2D eigenvalue weighted by Gasteiger charge is 2.14. The molecule has 0 unspecified atom stereocenters. The van der Waals surface area contributed by atoms with Gasteiger partial charge in [0.25, 0.3) is 0 Å². The maximum absolute atomic E-state index is 13.0. The number of rotatable bonds is 3. The summed E-state index contributed by atoms with van der Waals surface area (Å²) in [6.45, 7) is 3.45. The molecule has 0 aliphatic rings. The van der Waals surface area contributed by atoms with Crippen LogP contribution in [0.1, 0.15) is 27.4 Å². The molecule has 0 fully saturated rings. The molecule has 2 aromatic rings. The Kier molecular flexibility index (Phi) is 3.28. The van der Waals surface area contributed by atoms with Gasteiger partial charge >= 0.3 is 0 Å². The van der Waals surface area contributed by atoms with Gasteiger partial charge in [0.15, 0.2) is 17.4 Å². The molecule has 0 amide bonds. The third-order valence-corrected chi connectivity index (χ3v) is 2.69. The van der Waals surface area contributed by atoms with E-state index in [4.69, 9.17) is 4.42 Å². The topological polar surface area (TPSA) is 30.2 Å². The molecule has 18 heavy (non-hydrogen) atoms. The summed E-state index contributed by atoms with van der Waals surface area (Å²) in [5.41, 5.74) is 0.925. The summed E-state index contributed by atoms with van der Waals surface area (Å²) < 4.78 is 31.0. The van der Waals surface area contributed by atoms with Crippen molar-refractivity contribution < 1.29 is 18.0 Å². The summed E-state index contributed by atoms with van der Waals surface area (Å²) in [5, 5.41) is 0. The van der Waals surface area contributed by atoms with E-state index in [1.807, 2.05) is 0 Å². The number of halogens is 2. The Bertz CT molecular complexity index is 600. The Hall–Kier alpha value is -1.97. The third-order valence-electron chi connectivity index (χ3n) is 2.69. The molecule has 94 valence electrons. The van der Waals surface area contributed by atoms with E-state index in [1.165, 1.54) is 6.07 Å². The fourth-order valence-corrected chi connectivity index (χ4v) is 1.84. The summed E-state index contributed by atoms with van der Waals surface area (Å²) in [5.74, 6) is -0.835. The first-order valence-electron chi connectivity index (χ1n) is 5.51. The molecule has 0 aliphatic carbocycles. The van der Waals surface area contributed by atoms with Gasteiger partial charge in [0.1, 0.15) is 11.5 Å². The molecule has 2 rings (SSSR count). The fraction of sp³-hybridized carbons (Fsp3) is 0.214. The second-order valence-electron chi connectivity index (χ2n) is 4.18. The molecule has 1 aromatic heterocycles. The van der Waals surface area contributed by atoms with E-state index in [0.29, 0.717) is 22.6 Å². The van der Waals surface area contributed by atoms with Crippen LogP contribution in [-0.2, 0) is 6.42 Å². The molecule has 2 nitrogen and oxygen atoms in total. The Morgan fingerprint density at radius 1 is 1.17 bits per heavy atom. The van der Waals surface area contributed by atoms with Crippen molar-refractivity contribution in [1.29, 1.82) is 0 Å². The van der Waals surface area contributed by atoms with Crippen molar-refractivity contribution >= 4 is 5.78 Å². The fourth-order valence-electron chi connectivity index (χ4n) is 1.84. The van der Waals surface area contributed by atoms with Gasteiger partial charge in [-0.3, -0.25) is 4.79 Å². The summed E-state index contributed by atoms with van der Waals surface area (Å²) >= 11 is 0. The highest BCUT2D eigenvalue weighted by atomic mass is 19.2. The van der Waals surface area contributed by atoms with Gasteiger partial charge in [-0.2, -0.15) is 0 Å². The lowest BCUT2D eigenvalue weighted by Gasteiger charge is -2.01. The number of benzene rings is 1. The predicted octanol–water partition coefficient (Wildman–Crippen LogP) is 3.60. The number of carbonyl (C=O) groups is 1. The summed E-state index contributed by atoms with van der Waals surface area (Å²) in [4.78, 5) is 12.0. The lowest BCUT2D eigenvalue weighted by molar-refractivity contribution is 0.0991. The maximum atomic E-state index is 13.0. The molecule has 0 saturated heterocycles. The normalized spacial score (nSPS) is 10.7.